The minimum Gasteiger partial charge on any atom is -0.493 e. The van der Waals surface area contributed by atoms with E-state index in [0.717, 1.165) is 45.1 Å². The van der Waals surface area contributed by atoms with Gasteiger partial charge in [0.2, 0.25) is 5.95 Å². The molecule has 31 heavy (non-hydrogen) atoms. The highest BCUT2D eigenvalue weighted by Crippen LogP contribution is 2.34. The lowest BCUT2D eigenvalue weighted by molar-refractivity contribution is -0.385. The van der Waals surface area contributed by atoms with E-state index in [2.05, 4.69) is 25.1 Å². The lowest BCUT2D eigenvalue weighted by Gasteiger charge is -2.34. The number of rotatable bonds is 9. The summed E-state index contributed by atoms with van der Waals surface area (Å²) < 4.78 is 10.2. The molecule has 1 amide bonds. The molecule has 1 fully saturated rings. The highest BCUT2D eigenvalue weighted by atomic mass is 16.6. The van der Waals surface area contributed by atoms with Crippen LogP contribution in [-0.2, 0) is 0 Å². The lowest BCUT2D eigenvalue weighted by Crippen LogP contribution is -2.47. The Hall–Kier alpha value is -3.47. The Kier molecular flexibility index (Phi) is 7.55. The van der Waals surface area contributed by atoms with E-state index in [9.17, 15) is 14.9 Å². The number of benzene rings is 1. The van der Waals surface area contributed by atoms with Gasteiger partial charge in [0.15, 0.2) is 11.5 Å². The van der Waals surface area contributed by atoms with Crippen molar-refractivity contribution in [3.63, 3.8) is 0 Å². The van der Waals surface area contributed by atoms with Crippen molar-refractivity contribution in [2.24, 2.45) is 0 Å². The summed E-state index contributed by atoms with van der Waals surface area (Å²) in [5.41, 5.74) is -0.381. The summed E-state index contributed by atoms with van der Waals surface area (Å²) in [4.78, 5) is 36.3. The summed E-state index contributed by atoms with van der Waals surface area (Å²) >= 11 is 0. The van der Waals surface area contributed by atoms with Gasteiger partial charge in [0.1, 0.15) is 5.56 Å². The number of aromatic nitrogens is 2. The fourth-order valence-corrected chi connectivity index (χ4v) is 3.43. The molecule has 0 spiro atoms. The number of nitro benzene ring substituents is 1. The molecule has 0 unspecified atom stereocenters. The van der Waals surface area contributed by atoms with Gasteiger partial charge in [-0.15, -0.1) is 0 Å². The van der Waals surface area contributed by atoms with E-state index in [1.807, 2.05) is 0 Å². The maximum atomic E-state index is 12.5. The van der Waals surface area contributed by atoms with Crippen LogP contribution in [0.5, 0.6) is 11.5 Å². The largest absolute Gasteiger partial charge is 0.493 e. The van der Waals surface area contributed by atoms with E-state index in [4.69, 9.17) is 9.47 Å². The number of anilines is 1. The van der Waals surface area contributed by atoms with Gasteiger partial charge in [0.05, 0.1) is 25.2 Å². The van der Waals surface area contributed by atoms with Gasteiger partial charge in [-0.1, -0.05) is 0 Å². The van der Waals surface area contributed by atoms with Gasteiger partial charge in [-0.3, -0.25) is 19.8 Å². The summed E-state index contributed by atoms with van der Waals surface area (Å²) in [5, 5.41) is 14.1. The standard InChI is InChI=1S/C20H26N6O5/c1-30-17-13-15(16(26(28)29)14-18(17)31-2)19(27)21-7-4-8-24-9-11-25(12-10-24)20-22-5-3-6-23-20/h3,5-6,13-14H,4,7-12H2,1-2H3,(H,21,27). The number of nitrogens with one attached hydrogen (secondary N) is 1. The number of amides is 1. The van der Waals surface area contributed by atoms with Crippen LogP contribution < -0.4 is 19.7 Å². The molecule has 0 atom stereocenters. The normalized spacial score (nSPS) is 14.2. The molecule has 166 valence electrons. The number of carbonyl (C=O) groups excluding carboxylic acids is 1. The summed E-state index contributed by atoms with van der Waals surface area (Å²) in [6.45, 7) is 4.67. The molecule has 11 nitrogen and oxygen atoms in total. The van der Waals surface area contributed by atoms with Crippen molar-refractivity contribution >= 4 is 17.5 Å². The van der Waals surface area contributed by atoms with E-state index in [1.165, 1.54) is 26.4 Å². The molecule has 0 bridgehead atoms. The van der Waals surface area contributed by atoms with Gasteiger partial charge < -0.3 is 19.7 Å². The minimum absolute atomic E-state index is 0.0564. The number of piperazine rings is 1. The molecule has 2 heterocycles. The monoisotopic (exact) mass is 430 g/mol. The first-order valence-corrected chi connectivity index (χ1v) is 9.96. The van der Waals surface area contributed by atoms with Crippen molar-refractivity contribution in [3.05, 3.63) is 46.3 Å². The first-order valence-electron chi connectivity index (χ1n) is 9.96. The third-order valence-corrected chi connectivity index (χ3v) is 5.09. The fourth-order valence-electron chi connectivity index (χ4n) is 3.43. The number of nitrogens with zero attached hydrogens (tertiary/aromatic N) is 5. The van der Waals surface area contributed by atoms with Crippen LogP contribution >= 0.6 is 0 Å². The first-order chi connectivity index (χ1) is 15.0. The minimum atomic E-state index is -0.604. The molecule has 1 aromatic heterocycles. The van der Waals surface area contributed by atoms with E-state index >= 15 is 0 Å². The van der Waals surface area contributed by atoms with Crippen LogP contribution in [0.25, 0.3) is 0 Å². The van der Waals surface area contributed by atoms with Crippen LogP contribution in [0.4, 0.5) is 11.6 Å². The number of nitro groups is 1. The van der Waals surface area contributed by atoms with Gasteiger partial charge in [0.25, 0.3) is 11.6 Å². The Bertz CT molecular complexity index is 902. The smallest absolute Gasteiger partial charge is 0.286 e. The van der Waals surface area contributed by atoms with Crippen LogP contribution in [0.3, 0.4) is 0 Å². The number of hydrogen-bond acceptors (Lipinski definition) is 9. The zero-order valence-corrected chi connectivity index (χ0v) is 17.6. The van der Waals surface area contributed by atoms with E-state index in [0.29, 0.717) is 6.54 Å². The predicted molar refractivity (Wildman–Crippen MR) is 114 cm³/mol. The Morgan fingerprint density at radius 2 is 1.77 bits per heavy atom. The molecule has 1 aliphatic heterocycles. The Morgan fingerprint density at radius 1 is 1.13 bits per heavy atom. The SMILES string of the molecule is COc1cc(C(=O)NCCCN2CCN(c3ncccn3)CC2)c([N+](=O)[O-])cc1OC. The third-order valence-electron chi connectivity index (χ3n) is 5.09. The highest BCUT2D eigenvalue weighted by Gasteiger charge is 2.24. The zero-order chi connectivity index (χ0) is 22.2. The van der Waals surface area contributed by atoms with Crippen molar-refractivity contribution in [1.82, 2.24) is 20.2 Å². The zero-order valence-electron chi connectivity index (χ0n) is 17.6. The summed E-state index contributed by atoms with van der Waals surface area (Å²) in [6.07, 6.45) is 4.20. The topological polar surface area (TPSA) is 123 Å². The van der Waals surface area contributed by atoms with Crippen LogP contribution in [0.2, 0.25) is 0 Å². The molecule has 2 aromatic rings. The summed E-state index contributed by atoms with van der Waals surface area (Å²) in [6, 6.07) is 4.32. The second-order valence-electron chi connectivity index (χ2n) is 6.97. The van der Waals surface area contributed by atoms with Crippen molar-refractivity contribution < 1.29 is 19.2 Å². The predicted octanol–water partition coefficient (Wildman–Crippen LogP) is 1.34. The van der Waals surface area contributed by atoms with Gasteiger partial charge >= 0.3 is 0 Å². The Labute approximate surface area is 180 Å². The van der Waals surface area contributed by atoms with Crippen LogP contribution in [0.15, 0.2) is 30.6 Å². The van der Waals surface area contributed by atoms with E-state index < -0.39 is 10.8 Å². The van der Waals surface area contributed by atoms with Crippen LogP contribution in [0.1, 0.15) is 16.8 Å². The van der Waals surface area contributed by atoms with Gasteiger partial charge in [-0.2, -0.15) is 0 Å². The van der Waals surface area contributed by atoms with Crippen LogP contribution in [0, 0.1) is 10.1 Å². The molecule has 1 N–H and O–H groups in total. The molecule has 1 aliphatic rings. The molecule has 0 saturated carbocycles. The number of methoxy groups -OCH3 is 2. The van der Waals surface area contributed by atoms with E-state index in [1.54, 1.807) is 18.5 Å². The number of ether oxygens (including phenoxy) is 2. The van der Waals surface area contributed by atoms with Gasteiger partial charge in [0, 0.05) is 51.2 Å². The quantitative estimate of drug-likeness (QED) is 0.357. The number of carbonyl (C=O) groups is 1. The Morgan fingerprint density at radius 3 is 2.39 bits per heavy atom. The summed E-state index contributed by atoms with van der Waals surface area (Å²) in [5.74, 6) is 0.689. The molecule has 11 heteroatoms. The first kappa shape index (κ1) is 22.2. The van der Waals surface area contributed by atoms with Crippen molar-refractivity contribution in [2.45, 2.75) is 6.42 Å². The Balaban J connectivity index is 1.48. The highest BCUT2D eigenvalue weighted by molar-refractivity contribution is 5.99. The summed E-state index contributed by atoms with van der Waals surface area (Å²) in [7, 11) is 2.79. The molecule has 0 aliphatic carbocycles. The second-order valence-corrected chi connectivity index (χ2v) is 6.97. The van der Waals surface area contributed by atoms with Crippen molar-refractivity contribution in [2.75, 3.05) is 58.4 Å². The molecule has 1 aromatic carbocycles. The fraction of sp³-hybridized carbons (Fsp3) is 0.450. The third kappa shape index (κ3) is 5.57. The average molecular weight is 430 g/mol. The average Bonchev–Trinajstić information content (AvgIpc) is 2.81. The van der Waals surface area contributed by atoms with E-state index in [-0.39, 0.29) is 22.7 Å². The maximum absolute atomic E-state index is 12.5. The van der Waals surface area contributed by atoms with Gasteiger partial charge in [-0.25, -0.2) is 9.97 Å². The second kappa shape index (κ2) is 10.5. The van der Waals surface area contributed by atoms with Crippen molar-refractivity contribution in [1.29, 1.82) is 0 Å². The van der Waals surface area contributed by atoms with Crippen molar-refractivity contribution in [3.8, 4) is 11.5 Å². The van der Waals surface area contributed by atoms with Crippen LogP contribution in [-0.4, -0.2) is 79.2 Å². The number of hydrogen-bond donors (Lipinski definition) is 1. The maximum Gasteiger partial charge on any atom is 0.286 e. The molecule has 0 radical (unpaired) electrons. The molecule has 3 rings (SSSR count). The molecule has 1 saturated heterocycles. The molecular formula is C20H26N6O5. The van der Waals surface area contributed by atoms with Gasteiger partial charge in [-0.05, 0) is 19.0 Å². The lowest BCUT2D eigenvalue weighted by atomic mass is 10.1. The molecular weight excluding hydrogens is 404 g/mol.